The number of esters is 1. The molecule has 1 unspecified atom stereocenters. The lowest BCUT2D eigenvalue weighted by Gasteiger charge is -2.17. The number of nitro groups is 1. The van der Waals surface area contributed by atoms with Crippen molar-refractivity contribution < 1.29 is 19.0 Å². The lowest BCUT2D eigenvalue weighted by atomic mass is 9.93. The molecule has 8 heteroatoms. The van der Waals surface area contributed by atoms with E-state index in [1.165, 1.54) is 24.3 Å². The average molecular weight is 328 g/mol. The zero-order chi connectivity index (χ0) is 16.6. The normalized spacial score (nSPS) is 11.6. The van der Waals surface area contributed by atoms with Gasteiger partial charge in [-0.1, -0.05) is 20.8 Å². The Kier molecular flexibility index (Phi) is 7.21. The Morgan fingerprint density at radius 1 is 1.32 bits per heavy atom. The Hall–Kier alpha value is -1.72. The Balaban J connectivity index is 2.16. The van der Waals surface area contributed by atoms with Gasteiger partial charge >= 0.3 is 5.97 Å². The molecule has 1 N–H and O–H groups in total. The second-order valence-electron chi connectivity index (χ2n) is 5.84. The summed E-state index contributed by atoms with van der Waals surface area (Å²) in [6, 6.07) is 5.74. The number of benzene rings is 1. The Morgan fingerprint density at radius 3 is 2.50 bits per heavy atom. The molecule has 122 valence electrons. The molecule has 22 heavy (non-hydrogen) atoms. The van der Waals surface area contributed by atoms with E-state index in [1.54, 1.807) is 0 Å². The maximum Gasteiger partial charge on any atom is 0.320 e. The van der Waals surface area contributed by atoms with Crippen LogP contribution in [0.5, 0.6) is 5.75 Å². The number of nitrogens with zero attached hydrogens (tertiary/aromatic N) is 1. The van der Waals surface area contributed by atoms with E-state index in [2.05, 4.69) is 25.9 Å². The van der Waals surface area contributed by atoms with Gasteiger partial charge in [-0.2, -0.15) is 0 Å². The summed E-state index contributed by atoms with van der Waals surface area (Å²) in [6.07, 6.45) is 0.806. The highest BCUT2D eigenvalue weighted by Crippen LogP contribution is 2.21. The van der Waals surface area contributed by atoms with Crippen molar-refractivity contribution in [2.45, 2.75) is 27.2 Å². The van der Waals surface area contributed by atoms with Gasteiger partial charge < -0.3 is 9.26 Å². The predicted molar refractivity (Wildman–Crippen MR) is 85.1 cm³/mol. The fraction of sp³-hybridized carbons (Fsp3) is 0.500. The van der Waals surface area contributed by atoms with E-state index in [4.69, 9.17) is 9.26 Å². The topological polar surface area (TPSA) is 90.7 Å². The summed E-state index contributed by atoms with van der Waals surface area (Å²) < 4.78 is 10.4. The molecular weight excluding hydrogens is 307 g/mol. The molecule has 7 nitrogen and oxygen atoms in total. The summed E-state index contributed by atoms with van der Waals surface area (Å²) in [5.74, 6) is 0.168. The quantitative estimate of drug-likeness (QED) is 0.259. The van der Waals surface area contributed by atoms with Gasteiger partial charge in [0.1, 0.15) is 14.7 Å². The monoisotopic (exact) mass is 328 g/mol. The standard InChI is InChI=1S/C14H21N2O5P/c1-14(2,3)8-9-20-13(17)10-15-22-21-12-6-4-11(5-7-12)16(18)19/h4-7,15,22H,8-10H2,1-3H3. The van der Waals surface area contributed by atoms with Gasteiger partial charge in [0.2, 0.25) is 0 Å². The molecule has 0 saturated heterocycles. The van der Waals surface area contributed by atoms with Gasteiger partial charge in [0, 0.05) is 12.1 Å². The van der Waals surface area contributed by atoms with E-state index in [0.29, 0.717) is 12.4 Å². The molecule has 0 fully saturated rings. The fourth-order valence-corrected chi connectivity index (χ4v) is 1.90. The molecule has 0 aromatic heterocycles. The zero-order valence-electron chi connectivity index (χ0n) is 12.9. The van der Waals surface area contributed by atoms with E-state index in [-0.39, 0.29) is 32.6 Å². The summed E-state index contributed by atoms with van der Waals surface area (Å²) in [7, 11) is -0.133. The van der Waals surface area contributed by atoms with Crippen LogP contribution in [0, 0.1) is 15.5 Å². The number of hydrogen-bond donors (Lipinski definition) is 1. The third-order valence-corrected chi connectivity index (χ3v) is 3.30. The van der Waals surface area contributed by atoms with Crippen LogP contribution in [-0.2, 0) is 9.53 Å². The molecule has 1 rings (SSSR count). The Labute approximate surface area is 131 Å². The first-order valence-electron chi connectivity index (χ1n) is 6.83. The summed E-state index contributed by atoms with van der Waals surface area (Å²) in [6.45, 7) is 6.71. The van der Waals surface area contributed by atoms with Crippen LogP contribution >= 0.6 is 8.96 Å². The molecule has 1 atom stereocenters. The summed E-state index contributed by atoms with van der Waals surface area (Å²) in [5, 5.41) is 13.3. The number of nitro benzene ring substituents is 1. The van der Waals surface area contributed by atoms with Gasteiger partial charge in [-0.05, 0) is 24.0 Å². The average Bonchev–Trinajstić information content (AvgIpc) is 2.42. The maximum atomic E-state index is 11.4. The third kappa shape index (κ3) is 7.90. The van der Waals surface area contributed by atoms with Gasteiger partial charge in [-0.25, -0.2) is 0 Å². The van der Waals surface area contributed by atoms with Gasteiger partial charge in [0.15, 0.2) is 0 Å². The number of hydrogen-bond acceptors (Lipinski definition) is 6. The first-order valence-corrected chi connectivity index (χ1v) is 7.73. The second kappa shape index (κ2) is 8.66. The van der Waals surface area contributed by atoms with Crippen molar-refractivity contribution in [1.82, 2.24) is 5.09 Å². The van der Waals surface area contributed by atoms with Gasteiger partial charge in [0.05, 0.1) is 18.1 Å². The smallest absolute Gasteiger partial charge is 0.320 e. The van der Waals surface area contributed by atoms with Gasteiger partial charge in [0.25, 0.3) is 5.69 Å². The summed E-state index contributed by atoms with van der Waals surface area (Å²) in [4.78, 5) is 21.5. The molecule has 0 bridgehead atoms. The molecule has 0 saturated carbocycles. The van der Waals surface area contributed by atoms with Crippen molar-refractivity contribution in [3.05, 3.63) is 34.4 Å². The van der Waals surface area contributed by atoms with E-state index >= 15 is 0 Å². The van der Waals surface area contributed by atoms with Crippen LogP contribution in [-0.4, -0.2) is 24.0 Å². The molecule has 0 spiro atoms. The molecule has 0 aliphatic rings. The van der Waals surface area contributed by atoms with Crippen molar-refractivity contribution in [3.8, 4) is 5.75 Å². The second-order valence-corrected chi connectivity index (χ2v) is 6.60. The Morgan fingerprint density at radius 2 is 1.95 bits per heavy atom. The maximum absolute atomic E-state index is 11.4. The van der Waals surface area contributed by atoms with Crippen molar-refractivity contribution in [3.63, 3.8) is 0 Å². The number of nitrogens with one attached hydrogen (secondary N) is 1. The minimum Gasteiger partial charge on any atom is -0.465 e. The van der Waals surface area contributed by atoms with E-state index in [1.807, 2.05) is 0 Å². The van der Waals surface area contributed by atoms with Crippen LogP contribution in [0.2, 0.25) is 0 Å². The number of rotatable bonds is 8. The highest BCUT2D eigenvalue weighted by molar-refractivity contribution is 7.30. The molecule has 0 aliphatic carbocycles. The number of carbonyl (C=O) groups is 1. The first-order chi connectivity index (χ1) is 10.3. The number of ether oxygens (including phenoxy) is 1. The van der Waals surface area contributed by atoms with Crippen LogP contribution in [0.25, 0.3) is 0 Å². The van der Waals surface area contributed by atoms with E-state index in [9.17, 15) is 14.9 Å². The molecule has 0 radical (unpaired) electrons. The minimum absolute atomic E-state index is 0.00562. The Bertz CT molecular complexity index is 499. The van der Waals surface area contributed by atoms with Crippen LogP contribution in [0.4, 0.5) is 5.69 Å². The SMILES string of the molecule is CC(C)(C)CCOC(=O)CNPOc1ccc([N+](=O)[O-])cc1. The summed E-state index contributed by atoms with van der Waals surface area (Å²) in [5.41, 5.74) is 0.139. The predicted octanol–water partition coefficient (Wildman–Crippen LogP) is 3.05. The van der Waals surface area contributed by atoms with Crippen LogP contribution in [0.15, 0.2) is 24.3 Å². The highest BCUT2D eigenvalue weighted by atomic mass is 31.1. The molecule has 1 aromatic carbocycles. The first kappa shape index (κ1) is 18.3. The van der Waals surface area contributed by atoms with Crippen molar-refractivity contribution >= 4 is 20.6 Å². The van der Waals surface area contributed by atoms with Crippen molar-refractivity contribution in [2.75, 3.05) is 13.2 Å². The van der Waals surface area contributed by atoms with Crippen LogP contribution < -0.4 is 9.61 Å². The van der Waals surface area contributed by atoms with Gasteiger partial charge in [-0.3, -0.25) is 20.0 Å². The van der Waals surface area contributed by atoms with Crippen LogP contribution in [0.3, 0.4) is 0 Å². The van der Waals surface area contributed by atoms with Gasteiger partial charge in [-0.15, -0.1) is 0 Å². The number of non-ortho nitro benzene ring substituents is 1. The van der Waals surface area contributed by atoms with Crippen molar-refractivity contribution in [1.29, 1.82) is 0 Å². The van der Waals surface area contributed by atoms with Crippen molar-refractivity contribution in [2.24, 2.45) is 5.41 Å². The zero-order valence-corrected chi connectivity index (χ0v) is 13.9. The van der Waals surface area contributed by atoms with E-state index in [0.717, 1.165) is 6.42 Å². The minimum atomic E-state index is -0.474. The highest BCUT2D eigenvalue weighted by Gasteiger charge is 2.11. The molecule has 1 aromatic rings. The summed E-state index contributed by atoms with van der Waals surface area (Å²) >= 11 is 0. The fourth-order valence-electron chi connectivity index (χ4n) is 1.36. The lowest BCUT2D eigenvalue weighted by molar-refractivity contribution is -0.384. The van der Waals surface area contributed by atoms with Crippen LogP contribution in [0.1, 0.15) is 27.2 Å². The molecule has 0 aliphatic heterocycles. The third-order valence-electron chi connectivity index (χ3n) is 2.64. The molecule has 0 heterocycles. The molecule has 0 amide bonds. The number of carbonyl (C=O) groups excluding carboxylic acids is 1. The lowest BCUT2D eigenvalue weighted by Crippen LogP contribution is -2.21. The molecular formula is C14H21N2O5P. The van der Waals surface area contributed by atoms with E-state index < -0.39 is 4.92 Å². The largest absolute Gasteiger partial charge is 0.465 e.